The van der Waals surface area contributed by atoms with E-state index in [4.69, 9.17) is 0 Å². The molecule has 1 atom stereocenters. The highest BCUT2D eigenvalue weighted by atomic mass is 32.2. The minimum atomic E-state index is -4.44. The molecule has 0 saturated heterocycles. The molecule has 7 heteroatoms. The number of anilines is 1. The number of thioether (sulfide) groups is 1. The first-order valence-electron chi connectivity index (χ1n) is 7.60. The molecule has 0 aromatic heterocycles. The Morgan fingerprint density at radius 1 is 1.35 bits per heavy atom. The average Bonchev–Trinajstić information content (AvgIpc) is 2.99. The second-order valence-corrected chi connectivity index (χ2v) is 6.92. The maximum Gasteiger partial charge on any atom is 0.411 e. The highest BCUT2D eigenvalue weighted by molar-refractivity contribution is 8.00. The number of para-hydroxylation sites is 1. The molecule has 23 heavy (non-hydrogen) atoms. The van der Waals surface area contributed by atoms with Gasteiger partial charge in [0.05, 0.1) is 5.69 Å². The van der Waals surface area contributed by atoms with Gasteiger partial charge in [-0.25, -0.2) is 0 Å². The SMILES string of the molecule is CC(OCC(F)(F)F)C(=O)Nc1ccccc1SC1CCCC1. The van der Waals surface area contributed by atoms with E-state index in [0.29, 0.717) is 10.9 Å². The maximum absolute atomic E-state index is 12.1. The summed E-state index contributed by atoms with van der Waals surface area (Å²) in [4.78, 5) is 12.9. The Labute approximate surface area is 138 Å². The number of amides is 1. The largest absolute Gasteiger partial charge is 0.411 e. The number of alkyl halides is 3. The zero-order valence-corrected chi connectivity index (χ0v) is 13.7. The molecule has 1 fully saturated rings. The predicted octanol–water partition coefficient (Wildman–Crippen LogP) is 4.63. The third kappa shape index (κ3) is 6.06. The summed E-state index contributed by atoms with van der Waals surface area (Å²) in [6, 6.07) is 7.34. The average molecular weight is 347 g/mol. The van der Waals surface area contributed by atoms with Gasteiger partial charge in [-0.3, -0.25) is 4.79 Å². The van der Waals surface area contributed by atoms with Crippen LogP contribution >= 0.6 is 11.8 Å². The number of halogens is 3. The molecule has 0 spiro atoms. The van der Waals surface area contributed by atoms with Gasteiger partial charge in [0, 0.05) is 10.1 Å². The molecule has 1 amide bonds. The molecule has 1 aliphatic carbocycles. The van der Waals surface area contributed by atoms with E-state index in [1.54, 1.807) is 23.9 Å². The molecule has 1 aliphatic rings. The van der Waals surface area contributed by atoms with E-state index in [2.05, 4.69) is 10.1 Å². The van der Waals surface area contributed by atoms with Gasteiger partial charge in [0.25, 0.3) is 5.91 Å². The number of benzene rings is 1. The summed E-state index contributed by atoms with van der Waals surface area (Å²) in [7, 11) is 0. The van der Waals surface area contributed by atoms with Gasteiger partial charge in [0.2, 0.25) is 0 Å². The van der Waals surface area contributed by atoms with E-state index >= 15 is 0 Å². The maximum atomic E-state index is 12.1. The Morgan fingerprint density at radius 2 is 2.00 bits per heavy atom. The Balaban J connectivity index is 1.94. The highest BCUT2D eigenvalue weighted by Crippen LogP contribution is 2.38. The van der Waals surface area contributed by atoms with Gasteiger partial charge in [-0.05, 0) is 31.9 Å². The fraction of sp³-hybridized carbons (Fsp3) is 0.562. The quantitative estimate of drug-likeness (QED) is 0.815. The number of ether oxygens (including phenoxy) is 1. The van der Waals surface area contributed by atoms with Crippen LogP contribution in [0.4, 0.5) is 18.9 Å². The van der Waals surface area contributed by atoms with Crippen LogP contribution in [0.5, 0.6) is 0 Å². The topological polar surface area (TPSA) is 38.3 Å². The number of hydrogen-bond donors (Lipinski definition) is 1. The van der Waals surface area contributed by atoms with E-state index in [-0.39, 0.29) is 0 Å². The summed E-state index contributed by atoms with van der Waals surface area (Å²) in [6.45, 7) is -0.117. The first kappa shape index (κ1) is 18.1. The fourth-order valence-electron chi connectivity index (χ4n) is 2.39. The van der Waals surface area contributed by atoms with Crippen molar-refractivity contribution in [2.75, 3.05) is 11.9 Å². The predicted molar refractivity (Wildman–Crippen MR) is 84.7 cm³/mol. The monoisotopic (exact) mass is 347 g/mol. The van der Waals surface area contributed by atoms with Crippen LogP contribution in [0.25, 0.3) is 0 Å². The van der Waals surface area contributed by atoms with E-state index in [9.17, 15) is 18.0 Å². The molecule has 1 unspecified atom stereocenters. The van der Waals surface area contributed by atoms with Gasteiger partial charge < -0.3 is 10.1 Å². The minimum absolute atomic E-state index is 0.534. The first-order chi connectivity index (χ1) is 10.8. The summed E-state index contributed by atoms with van der Waals surface area (Å²) in [5, 5.41) is 3.20. The van der Waals surface area contributed by atoms with Crippen LogP contribution in [0.2, 0.25) is 0 Å². The van der Waals surface area contributed by atoms with Crippen molar-refractivity contribution in [3.63, 3.8) is 0 Å². The molecule has 0 aliphatic heterocycles. The number of carbonyl (C=O) groups excluding carboxylic acids is 1. The van der Waals surface area contributed by atoms with Crippen molar-refractivity contribution < 1.29 is 22.7 Å². The molecule has 0 radical (unpaired) electrons. The van der Waals surface area contributed by atoms with Crippen LogP contribution in [0.15, 0.2) is 29.2 Å². The van der Waals surface area contributed by atoms with Crippen molar-refractivity contribution in [3.8, 4) is 0 Å². The second-order valence-electron chi connectivity index (χ2n) is 5.58. The zero-order chi connectivity index (χ0) is 16.9. The molecule has 2 rings (SSSR count). The molecule has 0 heterocycles. The van der Waals surface area contributed by atoms with Crippen molar-refractivity contribution in [1.82, 2.24) is 0 Å². The van der Waals surface area contributed by atoms with Gasteiger partial charge in [0.1, 0.15) is 12.7 Å². The van der Waals surface area contributed by atoms with Gasteiger partial charge in [0.15, 0.2) is 0 Å². The molecule has 1 aromatic carbocycles. The minimum Gasteiger partial charge on any atom is -0.359 e. The van der Waals surface area contributed by atoms with Crippen LogP contribution in [-0.4, -0.2) is 30.0 Å². The normalized spacial score (nSPS) is 17.2. The number of rotatable bonds is 6. The highest BCUT2D eigenvalue weighted by Gasteiger charge is 2.30. The Kier molecular flexibility index (Phi) is 6.35. The molecule has 1 N–H and O–H groups in total. The van der Waals surface area contributed by atoms with E-state index in [0.717, 1.165) is 17.7 Å². The van der Waals surface area contributed by atoms with Crippen LogP contribution < -0.4 is 5.32 Å². The lowest BCUT2D eigenvalue weighted by Gasteiger charge is -2.17. The summed E-state index contributed by atoms with van der Waals surface area (Å²) in [5.74, 6) is -0.575. The molecular formula is C16H20F3NO2S. The second kappa shape index (κ2) is 8.06. The summed E-state index contributed by atoms with van der Waals surface area (Å²) in [5.41, 5.74) is 0.622. The first-order valence-corrected chi connectivity index (χ1v) is 8.48. The van der Waals surface area contributed by atoms with Crippen molar-refractivity contribution in [2.24, 2.45) is 0 Å². The lowest BCUT2D eigenvalue weighted by atomic mass is 10.3. The number of carbonyl (C=O) groups is 1. The van der Waals surface area contributed by atoms with Crippen LogP contribution in [0, 0.1) is 0 Å². The lowest BCUT2D eigenvalue weighted by molar-refractivity contribution is -0.184. The van der Waals surface area contributed by atoms with Crippen LogP contribution in [0.1, 0.15) is 32.6 Å². The van der Waals surface area contributed by atoms with Gasteiger partial charge in [-0.1, -0.05) is 25.0 Å². The zero-order valence-electron chi connectivity index (χ0n) is 12.9. The molecule has 0 bridgehead atoms. The van der Waals surface area contributed by atoms with Crippen molar-refractivity contribution in [1.29, 1.82) is 0 Å². The Hall–Kier alpha value is -1.21. The molecule has 1 saturated carbocycles. The summed E-state index contributed by atoms with van der Waals surface area (Å²) < 4.78 is 41.0. The van der Waals surface area contributed by atoms with Gasteiger partial charge >= 0.3 is 6.18 Å². The summed E-state index contributed by atoms with van der Waals surface area (Å²) >= 11 is 1.71. The standard InChI is InChI=1S/C16H20F3NO2S/c1-11(22-10-16(17,18)19)15(21)20-13-8-4-5-9-14(13)23-12-6-2-3-7-12/h4-5,8-9,11-12H,2-3,6-7,10H2,1H3,(H,20,21). The summed E-state index contributed by atoms with van der Waals surface area (Å²) in [6.07, 6.45) is -0.870. The van der Waals surface area contributed by atoms with E-state index in [1.807, 2.05) is 12.1 Å². The molecular weight excluding hydrogens is 327 g/mol. The molecule has 1 aromatic rings. The molecule has 3 nitrogen and oxygen atoms in total. The third-order valence-corrected chi connectivity index (χ3v) is 5.02. The third-order valence-electron chi connectivity index (χ3n) is 3.61. The smallest absolute Gasteiger partial charge is 0.359 e. The molecule has 128 valence electrons. The van der Waals surface area contributed by atoms with E-state index < -0.39 is 24.8 Å². The lowest BCUT2D eigenvalue weighted by Crippen LogP contribution is -2.31. The van der Waals surface area contributed by atoms with Crippen LogP contribution in [-0.2, 0) is 9.53 Å². The number of nitrogens with one attached hydrogen (secondary N) is 1. The van der Waals surface area contributed by atoms with Crippen molar-refractivity contribution in [3.05, 3.63) is 24.3 Å². The Morgan fingerprint density at radius 3 is 2.65 bits per heavy atom. The van der Waals surface area contributed by atoms with Gasteiger partial charge in [-0.2, -0.15) is 13.2 Å². The van der Waals surface area contributed by atoms with Crippen molar-refractivity contribution in [2.45, 2.75) is 55.0 Å². The number of hydrogen-bond acceptors (Lipinski definition) is 3. The van der Waals surface area contributed by atoms with E-state index in [1.165, 1.54) is 19.8 Å². The fourth-order valence-corrected chi connectivity index (χ4v) is 3.72. The van der Waals surface area contributed by atoms with Gasteiger partial charge in [-0.15, -0.1) is 11.8 Å². The Bertz CT molecular complexity index is 530. The van der Waals surface area contributed by atoms with Crippen LogP contribution in [0.3, 0.4) is 0 Å². The van der Waals surface area contributed by atoms with Crippen molar-refractivity contribution >= 4 is 23.4 Å².